The van der Waals surface area contributed by atoms with Crippen molar-refractivity contribution in [2.45, 2.75) is 26.0 Å². The fraction of sp³-hybridized carbons (Fsp3) is 0.308. The molecule has 0 radical (unpaired) electrons. The Balaban J connectivity index is 1.74. The van der Waals surface area contributed by atoms with Gasteiger partial charge in [0.15, 0.2) is 23.0 Å². The molecule has 3 aromatic carbocycles. The van der Waals surface area contributed by atoms with E-state index in [2.05, 4.69) is 35.6 Å². The first-order chi connectivity index (χ1) is 15.2. The average molecular weight is 420 g/mol. The first-order valence-electron chi connectivity index (χ1n) is 10.7. The van der Waals surface area contributed by atoms with E-state index in [-0.39, 0.29) is 6.04 Å². The Labute approximate surface area is 183 Å². The maximum Gasteiger partial charge on any atom is 0.166 e. The highest BCUT2D eigenvalue weighted by atomic mass is 16.5. The van der Waals surface area contributed by atoms with Crippen LogP contribution in [-0.2, 0) is 13.0 Å². The van der Waals surface area contributed by atoms with Gasteiger partial charge in [-0.3, -0.25) is 0 Å². The molecule has 0 fully saturated rings. The minimum absolute atomic E-state index is 0.0327. The van der Waals surface area contributed by atoms with Crippen molar-refractivity contribution in [2.75, 3.05) is 27.4 Å². The zero-order chi connectivity index (χ0) is 21.6. The predicted octanol–water partition coefficient (Wildman–Crippen LogP) is 4.92. The summed E-state index contributed by atoms with van der Waals surface area (Å²) >= 11 is 0. The van der Waals surface area contributed by atoms with Crippen LogP contribution >= 0.6 is 0 Å². The summed E-state index contributed by atoms with van der Waals surface area (Å²) in [5, 5.41) is 3.66. The molecule has 0 saturated carbocycles. The fourth-order valence-electron chi connectivity index (χ4n) is 4.07. The van der Waals surface area contributed by atoms with Crippen LogP contribution in [0.3, 0.4) is 0 Å². The van der Waals surface area contributed by atoms with E-state index in [9.17, 15) is 0 Å². The molecule has 0 bridgehead atoms. The van der Waals surface area contributed by atoms with Gasteiger partial charge in [0.1, 0.15) is 6.61 Å². The van der Waals surface area contributed by atoms with Gasteiger partial charge >= 0.3 is 0 Å². The zero-order valence-electron chi connectivity index (χ0n) is 18.3. The normalized spacial score (nSPS) is 15.1. The molecule has 5 heteroatoms. The van der Waals surface area contributed by atoms with E-state index in [1.807, 2.05) is 37.3 Å². The molecule has 1 aliphatic rings. The summed E-state index contributed by atoms with van der Waals surface area (Å²) in [6.07, 6.45) is 0.929. The first-order valence-corrected chi connectivity index (χ1v) is 10.7. The van der Waals surface area contributed by atoms with Crippen LogP contribution in [0.4, 0.5) is 0 Å². The van der Waals surface area contributed by atoms with Crippen molar-refractivity contribution in [3.63, 3.8) is 0 Å². The largest absolute Gasteiger partial charge is 0.493 e. The minimum Gasteiger partial charge on any atom is -0.493 e. The smallest absolute Gasteiger partial charge is 0.166 e. The lowest BCUT2D eigenvalue weighted by Crippen LogP contribution is -2.31. The van der Waals surface area contributed by atoms with Crippen LogP contribution in [0.25, 0.3) is 0 Å². The summed E-state index contributed by atoms with van der Waals surface area (Å²) < 4.78 is 23.4. The van der Waals surface area contributed by atoms with E-state index in [0.717, 1.165) is 47.1 Å². The number of fused-ring (bicyclic) bond motifs is 1. The molecular formula is C26H29NO4. The third-order valence-corrected chi connectivity index (χ3v) is 5.55. The number of nitrogens with one attached hydrogen (secondary N) is 1. The minimum atomic E-state index is -0.0327. The molecule has 5 nitrogen and oxygen atoms in total. The molecule has 1 heterocycles. The van der Waals surface area contributed by atoms with E-state index in [0.29, 0.717) is 13.2 Å². The van der Waals surface area contributed by atoms with Gasteiger partial charge in [-0.15, -0.1) is 0 Å². The summed E-state index contributed by atoms with van der Waals surface area (Å²) in [5.41, 5.74) is 4.58. The molecule has 162 valence electrons. The van der Waals surface area contributed by atoms with Gasteiger partial charge in [0.2, 0.25) is 0 Å². The second-order valence-corrected chi connectivity index (χ2v) is 7.42. The van der Waals surface area contributed by atoms with E-state index in [1.54, 1.807) is 14.2 Å². The van der Waals surface area contributed by atoms with Gasteiger partial charge in [-0.25, -0.2) is 0 Å². The molecule has 31 heavy (non-hydrogen) atoms. The fourth-order valence-corrected chi connectivity index (χ4v) is 4.07. The molecule has 0 aromatic heterocycles. The molecule has 1 aliphatic heterocycles. The average Bonchev–Trinajstić information content (AvgIpc) is 2.82. The van der Waals surface area contributed by atoms with Crippen LogP contribution < -0.4 is 24.3 Å². The molecular weight excluding hydrogens is 390 g/mol. The molecule has 1 unspecified atom stereocenters. The van der Waals surface area contributed by atoms with E-state index >= 15 is 0 Å². The van der Waals surface area contributed by atoms with Crippen LogP contribution in [0.2, 0.25) is 0 Å². The van der Waals surface area contributed by atoms with Crippen molar-refractivity contribution in [1.29, 1.82) is 0 Å². The summed E-state index contributed by atoms with van der Waals surface area (Å²) in [4.78, 5) is 0. The highest BCUT2D eigenvalue weighted by molar-refractivity contribution is 5.56. The molecule has 0 saturated heterocycles. The van der Waals surface area contributed by atoms with Crippen LogP contribution in [0.5, 0.6) is 23.0 Å². The highest BCUT2D eigenvalue weighted by Crippen LogP contribution is 2.42. The lowest BCUT2D eigenvalue weighted by Gasteiger charge is -2.30. The number of methoxy groups -OCH3 is 2. The van der Waals surface area contributed by atoms with Crippen LogP contribution in [0.1, 0.15) is 35.2 Å². The molecule has 0 amide bonds. The van der Waals surface area contributed by atoms with Gasteiger partial charge in [-0.2, -0.15) is 0 Å². The second kappa shape index (κ2) is 9.75. The van der Waals surface area contributed by atoms with Gasteiger partial charge in [0.05, 0.1) is 26.9 Å². The van der Waals surface area contributed by atoms with Crippen molar-refractivity contribution in [3.8, 4) is 23.0 Å². The summed E-state index contributed by atoms with van der Waals surface area (Å²) in [6, 6.07) is 20.4. The summed E-state index contributed by atoms with van der Waals surface area (Å²) in [5.74, 6) is 3.01. The monoisotopic (exact) mass is 419 g/mol. The second-order valence-electron chi connectivity index (χ2n) is 7.42. The van der Waals surface area contributed by atoms with Crippen LogP contribution in [0, 0.1) is 0 Å². The number of rotatable bonds is 8. The van der Waals surface area contributed by atoms with E-state index in [1.165, 1.54) is 11.1 Å². The third kappa shape index (κ3) is 4.47. The lowest BCUT2D eigenvalue weighted by atomic mass is 9.88. The zero-order valence-corrected chi connectivity index (χ0v) is 18.3. The Morgan fingerprint density at radius 3 is 2.39 bits per heavy atom. The highest BCUT2D eigenvalue weighted by Gasteiger charge is 2.27. The van der Waals surface area contributed by atoms with Gasteiger partial charge < -0.3 is 24.3 Å². The molecule has 4 rings (SSSR count). The maximum atomic E-state index is 6.32. The van der Waals surface area contributed by atoms with Crippen LogP contribution in [0.15, 0.2) is 60.7 Å². The molecule has 0 aliphatic carbocycles. The third-order valence-electron chi connectivity index (χ3n) is 5.55. The number of ether oxygens (including phenoxy) is 4. The van der Waals surface area contributed by atoms with E-state index < -0.39 is 0 Å². The predicted molar refractivity (Wildman–Crippen MR) is 121 cm³/mol. The van der Waals surface area contributed by atoms with E-state index in [4.69, 9.17) is 18.9 Å². The van der Waals surface area contributed by atoms with Crippen molar-refractivity contribution in [2.24, 2.45) is 0 Å². The lowest BCUT2D eigenvalue weighted by molar-refractivity contribution is 0.278. The molecule has 0 spiro atoms. The van der Waals surface area contributed by atoms with Crippen molar-refractivity contribution in [3.05, 3.63) is 82.9 Å². The Morgan fingerprint density at radius 2 is 1.65 bits per heavy atom. The quantitative estimate of drug-likeness (QED) is 0.562. The van der Waals surface area contributed by atoms with Gasteiger partial charge in [-0.1, -0.05) is 42.5 Å². The summed E-state index contributed by atoms with van der Waals surface area (Å²) in [6.45, 7) is 3.90. The maximum absolute atomic E-state index is 6.32. The topological polar surface area (TPSA) is 49.0 Å². The molecule has 1 N–H and O–H groups in total. The van der Waals surface area contributed by atoms with Crippen LogP contribution in [-0.4, -0.2) is 27.4 Å². The number of hydrogen-bond acceptors (Lipinski definition) is 5. The molecule has 3 aromatic rings. The van der Waals surface area contributed by atoms with Gasteiger partial charge in [-0.05, 0) is 48.2 Å². The number of hydrogen-bond donors (Lipinski definition) is 1. The Hall–Kier alpha value is -3.18. The summed E-state index contributed by atoms with van der Waals surface area (Å²) in [7, 11) is 3.36. The van der Waals surface area contributed by atoms with Crippen molar-refractivity contribution < 1.29 is 18.9 Å². The first kappa shape index (κ1) is 21.1. The Kier molecular flexibility index (Phi) is 6.63. The molecule has 1 atom stereocenters. The standard InChI is InChI=1S/C26H29NO4/c1-4-30-24-16-21-19(15-23(24)29-3)13-14-27-25(21)20-11-8-12-22(28-2)26(20)31-17-18-9-6-5-7-10-18/h5-12,15-16,25,27H,4,13-14,17H2,1-3H3. The van der Waals surface area contributed by atoms with Crippen molar-refractivity contribution >= 4 is 0 Å². The number of benzene rings is 3. The Bertz CT molecular complexity index is 1020. The van der Waals surface area contributed by atoms with Crippen molar-refractivity contribution in [1.82, 2.24) is 5.32 Å². The SMILES string of the molecule is CCOc1cc2c(cc1OC)CCNC2c1cccc(OC)c1OCc1ccccc1. The number of para-hydroxylation sites is 1. The van der Waals surface area contributed by atoms with Gasteiger partial charge in [0, 0.05) is 12.1 Å². The van der Waals surface area contributed by atoms with Gasteiger partial charge in [0.25, 0.3) is 0 Å². The Morgan fingerprint density at radius 1 is 0.839 bits per heavy atom.